The molecule has 286 valence electrons. The number of fused-ring (bicyclic) bond motifs is 3. The minimum atomic E-state index is -0.339. The van der Waals surface area contributed by atoms with Crippen LogP contribution in [-0.2, 0) is 0 Å². The van der Waals surface area contributed by atoms with E-state index in [1.54, 1.807) is 0 Å². The summed E-state index contributed by atoms with van der Waals surface area (Å²) in [6.07, 6.45) is 0. The van der Waals surface area contributed by atoms with Crippen LogP contribution in [0.1, 0.15) is 5.48 Å². The van der Waals surface area contributed by atoms with Crippen molar-refractivity contribution in [3.8, 4) is 84.4 Å². The molecular formula is C57H38N4. The van der Waals surface area contributed by atoms with E-state index in [1.165, 1.54) is 0 Å². The zero-order valence-electron chi connectivity index (χ0n) is 36.9. The second-order valence-corrected chi connectivity index (χ2v) is 15.0. The second kappa shape index (κ2) is 15.5. The third kappa shape index (κ3) is 6.86. The third-order valence-corrected chi connectivity index (χ3v) is 11.2. The minimum Gasteiger partial charge on any atom is -0.277 e. The second-order valence-electron chi connectivity index (χ2n) is 15.0. The Morgan fingerprint density at radius 3 is 1.30 bits per heavy atom. The number of rotatable bonds is 8. The molecule has 11 aromatic rings. The normalized spacial score (nSPS) is 12.2. The smallest absolute Gasteiger partial charge is 0.238 e. The Bertz CT molecular complexity index is 3480. The highest BCUT2D eigenvalue weighted by atomic mass is 15.2. The summed E-state index contributed by atoms with van der Waals surface area (Å²) in [6, 6.07) is 68.7. The first kappa shape index (κ1) is 31.7. The first-order chi connectivity index (χ1) is 31.9. The highest BCUT2D eigenvalue weighted by Crippen LogP contribution is 2.39. The van der Waals surface area contributed by atoms with Crippen molar-refractivity contribution in [2.24, 2.45) is 0 Å². The number of nitrogens with zero attached hydrogens (tertiary/aromatic N) is 4. The summed E-state index contributed by atoms with van der Waals surface area (Å²) in [5.74, 6) is 1.05. The van der Waals surface area contributed by atoms with E-state index in [-0.39, 0.29) is 35.6 Å². The monoisotopic (exact) mass is 782 g/mol. The van der Waals surface area contributed by atoms with Gasteiger partial charge in [-0.15, -0.1) is 0 Å². The Kier molecular flexibility index (Phi) is 8.07. The lowest BCUT2D eigenvalue weighted by Gasteiger charge is -2.15. The molecule has 0 spiro atoms. The fraction of sp³-hybridized carbons (Fsp3) is 0. The SMILES string of the molecule is [2H]c1c([2H])c([2H])c2c(c1[2H])c1cccc(-c3ccc(-c4ccccc4)cc3)c1n2-c1nc(-c2ccc(-c3ccccc3)cc2)nc(-c2cc(-c3ccccc3)cc(-c3ccccc3)c2)n1. The molecule has 0 aliphatic rings. The van der Waals surface area contributed by atoms with Crippen LogP contribution in [0.15, 0.2) is 230 Å². The number of para-hydroxylation sites is 2. The topological polar surface area (TPSA) is 43.6 Å². The van der Waals surface area contributed by atoms with Crippen molar-refractivity contribution < 1.29 is 5.48 Å². The van der Waals surface area contributed by atoms with E-state index in [1.807, 2.05) is 108 Å². The maximum Gasteiger partial charge on any atom is 0.238 e. The minimum absolute atomic E-state index is 0.129. The van der Waals surface area contributed by atoms with Gasteiger partial charge in [-0.3, -0.25) is 4.57 Å². The quantitative estimate of drug-likeness (QED) is 0.154. The molecule has 0 unspecified atom stereocenters. The zero-order valence-corrected chi connectivity index (χ0v) is 32.9. The molecule has 0 aliphatic carbocycles. The van der Waals surface area contributed by atoms with Crippen LogP contribution in [0.3, 0.4) is 0 Å². The Hall–Kier alpha value is -8.21. The van der Waals surface area contributed by atoms with E-state index >= 15 is 0 Å². The van der Waals surface area contributed by atoms with Crippen molar-refractivity contribution >= 4 is 21.8 Å². The summed E-state index contributed by atoms with van der Waals surface area (Å²) in [7, 11) is 0. The van der Waals surface area contributed by atoms with Crippen LogP contribution in [0.25, 0.3) is 106 Å². The van der Waals surface area contributed by atoms with Crippen LogP contribution in [-0.4, -0.2) is 19.5 Å². The zero-order chi connectivity index (χ0) is 44.0. The van der Waals surface area contributed by atoms with Crippen LogP contribution in [0, 0.1) is 0 Å². The van der Waals surface area contributed by atoms with Gasteiger partial charge in [-0.05, 0) is 74.3 Å². The summed E-state index contributed by atoms with van der Waals surface area (Å²) in [4.78, 5) is 15.8. The maximum atomic E-state index is 9.45. The van der Waals surface area contributed by atoms with Crippen molar-refractivity contribution in [2.45, 2.75) is 0 Å². The molecule has 0 atom stereocenters. The van der Waals surface area contributed by atoms with Gasteiger partial charge in [0.25, 0.3) is 0 Å². The Balaban J connectivity index is 1.20. The van der Waals surface area contributed by atoms with Gasteiger partial charge < -0.3 is 0 Å². The Labute approximate surface area is 360 Å². The van der Waals surface area contributed by atoms with Crippen molar-refractivity contribution in [2.75, 3.05) is 0 Å². The van der Waals surface area contributed by atoms with Crippen molar-refractivity contribution in [1.82, 2.24) is 19.5 Å². The predicted octanol–water partition coefficient (Wildman–Crippen LogP) is 14.6. The Morgan fingerprint density at radius 1 is 0.328 bits per heavy atom. The summed E-state index contributed by atoms with van der Waals surface area (Å²) >= 11 is 0. The number of hydrogen-bond donors (Lipinski definition) is 0. The standard InChI is InChI=1S/C57H38N4/c1-5-16-39(17-6-1)43-28-32-45(33-29-43)50-25-15-26-52-51-24-13-14-27-53(51)61(54(50)52)57-59-55(46-34-30-44(31-35-46)40-18-7-2-8-19-40)58-56(60-57)49-37-47(41-20-9-3-10-21-41)36-48(38-49)42-22-11-4-12-23-42/h1-38H/i13D,14D,24D,27D. The predicted molar refractivity (Wildman–Crippen MR) is 252 cm³/mol. The molecule has 4 nitrogen and oxygen atoms in total. The van der Waals surface area contributed by atoms with Crippen LogP contribution >= 0.6 is 0 Å². The van der Waals surface area contributed by atoms with Crippen molar-refractivity contribution in [3.63, 3.8) is 0 Å². The van der Waals surface area contributed by atoms with Gasteiger partial charge in [0.2, 0.25) is 5.95 Å². The van der Waals surface area contributed by atoms with Gasteiger partial charge in [0.15, 0.2) is 11.6 Å². The number of aromatic nitrogens is 4. The van der Waals surface area contributed by atoms with Gasteiger partial charge >= 0.3 is 0 Å². The van der Waals surface area contributed by atoms with Crippen LogP contribution in [0.4, 0.5) is 0 Å². The highest BCUT2D eigenvalue weighted by Gasteiger charge is 2.21. The molecule has 0 radical (unpaired) electrons. The van der Waals surface area contributed by atoms with Gasteiger partial charge in [-0.2, -0.15) is 9.97 Å². The average molecular weight is 783 g/mol. The molecular weight excluding hydrogens is 741 g/mol. The summed E-state index contributed by atoms with van der Waals surface area (Å²) in [6.45, 7) is 0. The van der Waals surface area contributed by atoms with E-state index in [2.05, 4.69) is 103 Å². The van der Waals surface area contributed by atoms with Gasteiger partial charge in [0.1, 0.15) is 0 Å². The first-order valence-electron chi connectivity index (χ1n) is 22.3. The molecule has 4 heteroatoms. The molecule has 0 N–H and O–H groups in total. The van der Waals surface area contributed by atoms with Crippen molar-refractivity contribution in [1.29, 1.82) is 0 Å². The number of benzene rings is 9. The molecule has 0 aliphatic heterocycles. The van der Waals surface area contributed by atoms with E-state index in [4.69, 9.17) is 17.7 Å². The summed E-state index contributed by atoms with van der Waals surface area (Å²) in [5, 5.41) is 1.05. The van der Waals surface area contributed by atoms with Crippen LogP contribution < -0.4 is 0 Å². The molecule has 2 heterocycles. The van der Waals surface area contributed by atoms with E-state index in [9.17, 15) is 2.74 Å². The lowest BCUT2D eigenvalue weighted by Crippen LogP contribution is -2.07. The van der Waals surface area contributed by atoms with E-state index in [0.717, 1.165) is 66.8 Å². The summed E-state index contributed by atoms with van der Waals surface area (Å²) < 4.78 is 38.3. The molecule has 0 amide bonds. The molecule has 0 saturated heterocycles. The van der Waals surface area contributed by atoms with Gasteiger partial charge in [-0.1, -0.05) is 206 Å². The third-order valence-electron chi connectivity index (χ3n) is 11.2. The lowest BCUT2D eigenvalue weighted by molar-refractivity contribution is 0.954. The first-order valence-corrected chi connectivity index (χ1v) is 20.3. The fourth-order valence-electron chi connectivity index (χ4n) is 8.19. The van der Waals surface area contributed by atoms with Crippen LogP contribution in [0.5, 0.6) is 0 Å². The highest BCUT2D eigenvalue weighted by molar-refractivity contribution is 6.13. The molecule has 0 bridgehead atoms. The van der Waals surface area contributed by atoms with Gasteiger partial charge in [-0.25, -0.2) is 4.98 Å². The maximum absolute atomic E-state index is 9.45. The van der Waals surface area contributed by atoms with E-state index < -0.39 is 0 Å². The largest absolute Gasteiger partial charge is 0.277 e. The molecule has 11 rings (SSSR count). The summed E-state index contributed by atoms with van der Waals surface area (Å²) in [5.41, 5.74) is 12.6. The Morgan fingerprint density at radius 2 is 0.754 bits per heavy atom. The fourth-order valence-corrected chi connectivity index (χ4v) is 8.19. The molecule has 0 fully saturated rings. The van der Waals surface area contributed by atoms with Gasteiger partial charge in [0.05, 0.1) is 16.5 Å². The number of hydrogen-bond acceptors (Lipinski definition) is 3. The molecule has 61 heavy (non-hydrogen) atoms. The molecule has 9 aromatic carbocycles. The van der Waals surface area contributed by atoms with E-state index in [0.29, 0.717) is 27.9 Å². The molecule has 2 aromatic heterocycles. The average Bonchev–Trinajstić information content (AvgIpc) is 3.74. The van der Waals surface area contributed by atoms with Crippen LogP contribution in [0.2, 0.25) is 0 Å². The van der Waals surface area contributed by atoms with Gasteiger partial charge in [0, 0.05) is 27.5 Å². The lowest BCUT2D eigenvalue weighted by atomic mass is 9.96. The molecule has 0 saturated carbocycles. The van der Waals surface area contributed by atoms with Crippen molar-refractivity contribution in [3.05, 3.63) is 230 Å².